The van der Waals surface area contributed by atoms with Gasteiger partial charge in [-0.15, -0.1) is 0 Å². The fourth-order valence-electron chi connectivity index (χ4n) is 3.39. The maximum atomic E-state index is 11.4. The third-order valence-electron chi connectivity index (χ3n) is 4.39. The van der Waals surface area contributed by atoms with Crippen molar-refractivity contribution < 1.29 is 9.53 Å². The summed E-state index contributed by atoms with van der Waals surface area (Å²) in [6.07, 6.45) is 4.48. The molecule has 1 spiro atoms. The molecule has 1 aliphatic carbocycles. The second-order valence-corrected chi connectivity index (χ2v) is 5.99. The number of amides is 1. The first-order valence-corrected chi connectivity index (χ1v) is 7.99. The predicted octanol–water partition coefficient (Wildman–Crippen LogP) is 1.97. The van der Waals surface area contributed by atoms with Gasteiger partial charge in [0.1, 0.15) is 5.66 Å². The van der Waals surface area contributed by atoms with Crippen LogP contribution in [0.3, 0.4) is 0 Å². The SMILES string of the molecule is COC(=O)Nc1cccc(N2C(N)=NC(N)=NC23CCCCC3)c1. The molecule has 3 rings (SSSR count). The van der Waals surface area contributed by atoms with Gasteiger partial charge in [-0.1, -0.05) is 12.5 Å². The minimum atomic E-state index is -0.526. The summed E-state index contributed by atoms with van der Waals surface area (Å²) in [5.74, 6) is 0.536. The van der Waals surface area contributed by atoms with Crippen LogP contribution in [-0.4, -0.2) is 30.8 Å². The van der Waals surface area contributed by atoms with Crippen LogP contribution in [0, 0.1) is 0 Å². The second-order valence-electron chi connectivity index (χ2n) is 5.99. The summed E-state index contributed by atoms with van der Waals surface area (Å²) in [4.78, 5) is 22.1. The largest absolute Gasteiger partial charge is 0.453 e. The van der Waals surface area contributed by atoms with Gasteiger partial charge in [0.25, 0.3) is 0 Å². The normalized spacial score (nSPS) is 19.5. The maximum absolute atomic E-state index is 11.4. The van der Waals surface area contributed by atoms with Crippen LogP contribution in [0.1, 0.15) is 32.1 Å². The molecule has 1 aliphatic heterocycles. The van der Waals surface area contributed by atoms with Crippen molar-refractivity contribution in [1.82, 2.24) is 0 Å². The van der Waals surface area contributed by atoms with Crippen LogP contribution in [0.5, 0.6) is 0 Å². The molecule has 1 aromatic rings. The van der Waals surface area contributed by atoms with Gasteiger partial charge in [0.2, 0.25) is 11.9 Å². The highest BCUT2D eigenvalue weighted by Crippen LogP contribution is 2.39. The van der Waals surface area contributed by atoms with Crippen molar-refractivity contribution in [3.63, 3.8) is 0 Å². The number of anilines is 2. The zero-order valence-electron chi connectivity index (χ0n) is 13.7. The van der Waals surface area contributed by atoms with Gasteiger partial charge in [0, 0.05) is 11.4 Å². The highest BCUT2D eigenvalue weighted by Gasteiger charge is 2.42. The maximum Gasteiger partial charge on any atom is 0.411 e. The monoisotopic (exact) mass is 330 g/mol. The fraction of sp³-hybridized carbons (Fsp3) is 0.438. The summed E-state index contributed by atoms with van der Waals surface area (Å²) in [5, 5.41) is 2.66. The standard InChI is InChI=1S/C16H22N6O2/c1-24-15(23)19-11-6-5-7-12(10-11)22-14(18)20-13(17)21-16(22)8-3-2-4-9-16/h5-7,10H,2-4,8-9H2,1H3,(H,19,23)(H4,17,18,20,21). The topological polar surface area (TPSA) is 118 Å². The highest BCUT2D eigenvalue weighted by atomic mass is 16.5. The van der Waals surface area contributed by atoms with E-state index in [1.165, 1.54) is 13.5 Å². The zero-order chi connectivity index (χ0) is 17.2. The first-order valence-electron chi connectivity index (χ1n) is 7.99. The molecule has 5 N–H and O–H groups in total. The molecule has 8 nitrogen and oxygen atoms in total. The van der Waals surface area contributed by atoms with E-state index < -0.39 is 11.8 Å². The Balaban J connectivity index is 1.98. The Morgan fingerprint density at radius 3 is 2.75 bits per heavy atom. The third-order valence-corrected chi connectivity index (χ3v) is 4.39. The van der Waals surface area contributed by atoms with Gasteiger partial charge in [-0.2, -0.15) is 4.99 Å². The van der Waals surface area contributed by atoms with Crippen LogP contribution in [0.2, 0.25) is 0 Å². The number of rotatable bonds is 2. The molecule has 0 aromatic heterocycles. The molecule has 0 unspecified atom stereocenters. The van der Waals surface area contributed by atoms with E-state index in [1.807, 2.05) is 23.1 Å². The first-order chi connectivity index (χ1) is 11.5. The van der Waals surface area contributed by atoms with Crippen LogP contribution in [0.15, 0.2) is 34.3 Å². The number of aliphatic imine (C=N–C) groups is 2. The zero-order valence-corrected chi connectivity index (χ0v) is 13.7. The second kappa shape index (κ2) is 6.38. The molecule has 0 atom stereocenters. The Hall–Kier alpha value is -2.77. The smallest absolute Gasteiger partial charge is 0.411 e. The van der Waals surface area contributed by atoms with Crippen molar-refractivity contribution in [3.8, 4) is 0 Å². The number of carbonyl (C=O) groups excluding carboxylic acids is 1. The summed E-state index contributed by atoms with van der Waals surface area (Å²) in [5.41, 5.74) is 13.0. The third kappa shape index (κ3) is 2.99. The van der Waals surface area contributed by atoms with Gasteiger partial charge in [0.05, 0.1) is 7.11 Å². The van der Waals surface area contributed by atoms with Crippen molar-refractivity contribution in [2.45, 2.75) is 37.8 Å². The first kappa shape index (κ1) is 16.1. The van der Waals surface area contributed by atoms with E-state index in [-0.39, 0.29) is 5.96 Å². The molecule has 1 heterocycles. The van der Waals surface area contributed by atoms with E-state index in [0.717, 1.165) is 31.4 Å². The van der Waals surface area contributed by atoms with E-state index >= 15 is 0 Å². The van der Waals surface area contributed by atoms with Crippen LogP contribution in [0.4, 0.5) is 16.2 Å². The number of methoxy groups -OCH3 is 1. The number of guanidine groups is 2. The van der Waals surface area contributed by atoms with Gasteiger partial charge >= 0.3 is 6.09 Å². The van der Waals surface area contributed by atoms with E-state index in [4.69, 9.17) is 11.5 Å². The number of hydrogen-bond acceptors (Lipinski definition) is 7. The van der Waals surface area contributed by atoms with Crippen molar-refractivity contribution in [2.24, 2.45) is 21.5 Å². The molecule has 0 saturated heterocycles. The molecule has 1 amide bonds. The number of ether oxygens (including phenoxy) is 1. The summed E-state index contributed by atoms with van der Waals surface area (Å²) in [6.45, 7) is 0. The fourth-order valence-corrected chi connectivity index (χ4v) is 3.39. The Morgan fingerprint density at radius 1 is 1.29 bits per heavy atom. The average Bonchev–Trinajstić information content (AvgIpc) is 2.55. The molecule has 0 bridgehead atoms. The summed E-state index contributed by atoms with van der Waals surface area (Å²) in [6, 6.07) is 7.36. The molecular weight excluding hydrogens is 308 g/mol. The van der Waals surface area contributed by atoms with Gasteiger partial charge in [-0.3, -0.25) is 10.2 Å². The van der Waals surface area contributed by atoms with Gasteiger partial charge in [0.15, 0.2) is 0 Å². The molecule has 128 valence electrons. The number of carbonyl (C=O) groups is 1. The average molecular weight is 330 g/mol. The van der Waals surface area contributed by atoms with Crippen molar-refractivity contribution in [2.75, 3.05) is 17.3 Å². The molecule has 8 heteroatoms. The van der Waals surface area contributed by atoms with Gasteiger partial charge in [-0.25, -0.2) is 9.79 Å². The number of hydrogen-bond donors (Lipinski definition) is 3. The van der Waals surface area contributed by atoms with Gasteiger partial charge in [-0.05, 0) is 43.9 Å². The van der Waals surface area contributed by atoms with Crippen molar-refractivity contribution in [3.05, 3.63) is 24.3 Å². The molecule has 2 aliphatic rings. The van der Waals surface area contributed by atoms with E-state index in [9.17, 15) is 4.79 Å². The van der Waals surface area contributed by atoms with Crippen LogP contribution in [0.25, 0.3) is 0 Å². The van der Waals surface area contributed by atoms with E-state index in [2.05, 4.69) is 20.0 Å². The van der Waals surface area contributed by atoms with E-state index in [1.54, 1.807) is 6.07 Å². The lowest BCUT2D eigenvalue weighted by Crippen LogP contribution is -2.58. The highest BCUT2D eigenvalue weighted by molar-refractivity contribution is 6.06. The van der Waals surface area contributed by atoms with Crippen LogP contribution < -0.4 is 21.7 Å². The minimum absolute atomic E-state index is 0.217. The lowest BCUT2D eigenvalue weighted by molar-refractivity contribution is 0.187. The van der Waals surface area contributed by atoms with Crippen molar-refractivity contribution in [1.29, 1.82) is 0 Å². The summed E-state index contributed by atoms with van der Waals surface area (Å²) < 4.78 is 4.63. The number of nitrogens with zero attached hydrogens (tertiary/aromatic N) is 3. The van der Waals surface area contributed by atoms with Gasteiger partial charge < -0.3 is 16.2 Å². The molecule has 1 aromatic carbocycles. The summed E-state index contributed by atoms with van der Waals surface area (Å²) in [7, 11) is 1.32. The van der Waals surface area contributed by atoms with Crippen molar-refractivity contribution >= 4 is 29.4 Å². The Kier molecular flexibility index (Phi) is 4.28. The number of benzene rings is 1. The number of nitrogens with two attached hydrogens (primary N) is 2. The summed E-state index contributed by atoms with van der Waals surface area (Å²) >= 11 is 0. The molecule has 1 saturated carbocycles. The number of nitrogens with one attached hydrogen (secondary N) is 1. The Labute approximate surface area is 140 Å². The quantitative estimate of drug-likeness (QED) is 0.766. The minimum Gasteiger partial charge on any atom is -0.453 e. The Bertz CT molecular complexity index is 694. The lowest BCUT2D eigenvalue weighted by atomic mass is 9.87. The molecule has 1 fully saturated rings. The lowest BCUT2D eigenvalue weighted by Gasteiger charge is -2.45. The molecule has 24 heavy (non-hydrogen) atoms. The van der Waals surface area contributed by atoms with Crippen LogP contribution >= 0.6 is 0 Å². The molecular formula is C16H22N6O2. The Morgan fingerprint density at radius 2 is 2.04 bits per heavy atom. The molecule has 0 radical (unpaired) electrons. The van der Waals surface area contributed by atoms with Crippen LogP contribution in [-0.2, 0) is 4.74 Å². The van der Waals surface area contributed by atoms with E-state index in [0.29, 0.717) is 11.6 Å². The predicted molar refractivity (Wildman–Crippen MR) is 94.0 cm³/mol.